The van der Waals surface area contributed by atoms with E-state index >= 15 is 0 Å². The molecule has 5 rings (SSSR count). The third-order valence-corrected chi connectivity index (χ3v) is 7.14. The van der Waals surface area contributed by atoms with Gasteiger partial charge < -0.3 is 29.6 Å². The predicted molar refractivity (Wildman–Crippen MR) is 177 cm³/mol. The van der Waals surface area contributed by atoms with Crippen molar-refractivity contribution in [1.82, 2.24) is 10.6 Å². The molecule has 0 aliphatic rings. The molecule has 5 aromatic rings. The fourth-order valence-corrected chi connectivity index (χ4v) is 4.90. The number of rotatable bonds is 14. The number of methoxy groups -OCH3 is 2. The number of furan rings is 1. The van der Waals surface area contributed by atoms with Crippen LogP contribution in [0.4, 0.5) is 0 Å². The van der Waals surface area contributed by atoms with E-state index in [4.69, 9.17) is 13.9 Å². The van der Waals surface area contributed by atoms with Gasteiger partial charge in [-0.05, 0) is 35.0 Å². The first-order valence-corrected chi connectivity index (χ1v) is 14.5. The van der Waals surface area contributed by atoms with E-state index in [1.165, 1.54) is 26.7 Å². The Morgan fingerprint density at radius 3 is 2.04 bits per heavy atom. The Bertz CT molecular complexity index is 1810. The number of nitrogens with zero attached hydrogens (tertiary/aromatic N) is 1. The second-order valence-corrected chi connectivity index (χ2v) is 10.1. The van der Waals surface area contributed by atoms with Crippen LogP contribution in [0.25, 0.3) is 11.0 Å². The monoisotopic (exact) mass is 601 g/mol. The van der Waals surface area contributed by atoms with Crippen LogP contribution < -0.4 is 20.1 Å². The molecule has 0 atom stereocenters. The van der Waals surface area contributed by atoms with Crippen LogP contribution >= 0.6 is 0 Å². The minimum absolute atomic E-state index is 0.0404. The smallest absolute Gasteiger partial charge is 0.205 e. The van der Waals surface area contributed by atoms with Crippen molar-refractivity contribution in [1.29, 1.82) is 0 Å². The van der Waals surface area contributed by atoms with Crippen LogP contribution in [0, 0.1) is 0 Å². The number of fused-ring (bicyclic) bond motifs is 1. The van der Waals surface area contributed by atoms with E-state index < -0.39 is 5.78 Å². The minimum atomic E-state index is -0.508. The molecule has 3 N–H and O–H groups in total. The Morgan fingerprint density at radius 2 is 1.42 bits per heavy atom. The third kappa shape index (κ3) is 7.43. The van der Waals surface area contributed by atoms with Gasteiger partial charge in [0.15, 0.2) is 11.3 Å². The maximum Gasteiger partial charge on any atom is 0.205 e. The molecular formula is C37H35N3O5. The number of hydrogen-bond donors (Lipinski definition) is 3. The fourth-order valence-electron chi connectivity index (χ4n) is 4.90. The van der Waals surface area contributed by atoms with Gasteiger partial charge in [0.05, 0.1) is 38.0 Å². The summed E-state index contributed by atoms with van der Waals surface area (Å²) in [4.78, 5) is 19.2. The van der Waals surface area contributed by atoms with Gasteiger partial charge in [0, 0.05) is 25.0 Å². The van der Waals surface area contributed by atoms with Gasteiger partial charge >= 0.3 is 0 Å². The Labute approximate surface area is 262 Å². The van der Waals surface area contributed by atoms with Crippen molar-refractivity contribution < 1.29 is 23.8 Å². The highest BCUT2D eigenvalue weighted by Crippen LogP contribution is 2.46. The molecule has 0 saturated heterocycles. The molecule has 8 heteroatoms. The van der Waals surface area contributed by atoms with Gasteiger partial charge in [-0.1, -0.05) is 91.0 Å². The first-order valence-electron chi connectivity index (χ1n) is 14.5. The summed E-state index contributed by atoms with van der Waals surface area (Å²) in [7, 11) is 2.85. The van der Waals surface area contributed by atoms with Crippen LogP contribution in [0.15, 0.2) is 136 Å². The molecule has 1 heterocycles. The Kier molecular flexibility index (Phi) is 10.3. The van der Waals surface area contributed by atoms with Crippen LogP contribution in [-0.4, -0.2) is 31.3 Å². The summed E-state index contributed by atoms with van der Waals surface area (Å²) in [5, 5.41) is 18.6. The highest BCUT2D eigenvalue weighted by Gasteiger charge is 2.30. The molecule has 228 valence electrons. The zero-order chi connectivity index (χ0) is 31.4. The van der Waals surface area contributed by atoms with E-state index in [1.807, 2.05) is 91.0 Å². The number of nitrogens with one attached hydrogen (secondary N) is 2. The number of benzene rings is 4. The number of phenols is 1. The highest BCUT2D eigenvalue weighted by molar-refractivity contribution is 6.25. The SMILES string of the molecule is COc1c(C(=O)/C(C=NCc2ccccc2)=C(/C=C/NCc2ccccc2)NCc2ccccc2)c(O)c(OC)c2occc12. The van der Waals surface area contributed by atoms with Crippen LogP contribution in [-0.2, 0) is 19.6 Å². The van der Waals surface area contributed by atoms with E-state index in [1.54, 1.807) is 18.3 Å². The molecule has 0 unspecified atom stereocenters. The summed E-state index contributed by atoms with van der Waals surface area (Å²) in [6, 6.07) is 31.3. The maximum atomic E-state index is 14.6. The van der Waals surface area contributed by atoms with Crippen molar-refractivity contribution >= 4 is 23.0 Å². The number of phenolic OH excluding ortho intramolecular Hbond substituents is 1. The molecule has 1 aromatic heterocycles. The summed E-state index contributed by atoms with van der Waals surface area (Å²) >= 11 is 0. The second-order valence-electron chi connectivity index (χ2n) is 10.1. The number of ether oxygens (including phenoxy) is 2. The number of aliphatic imine (C=N–C) groups is 1. The van der Waals surface area contributed by atoms with Crippen LogP contribution in [0.5, 0.6) is 17.2 Å². The van der Waals surface area contributed by atoms with E-state index in [2.05, 4.69) is 15.6 Å². The summed E-state index contributed by atoms with van der Waals surface area (Å²) in [5.74, 6) is -0.682. The van der Waals surface area contributed by atoms with Gasteiger partial charge in [0.25, 0.3) is 0 Å². The summed E-state index contributed by atoms with van der Waals surface area (Å²) in [6.45, 7) is 1.39. The van der Waals surface area contributed by atoms with Crippen molar-refractivity contribution in [2.45, 2.75) is 19.6 Å². The lowest BCUT2D eigenvalue weighted by Crippen LogP contribution is -2.20. The average Bonchev–Trinajstić information content (AvgIpc) is 3.57. The summed E-state index contributed by atoms with van der Waals surface area (Å²) in [6.07, 6.45) is 6.57. The van der Waals surface area contributed by atoms with E-state index in [9.17, 15) is 9.90 Å². The minimum Gasteiger partial charge on any atom is -0.504 e. The molecule has 0 amide bonds. The molecule has 0 spiro atoms. The molecule has 0 bridgehead atoms. The van der Waals surface area contributed by atoms with Gasteiger partial charge in [0.1, 0.15) is 11.3 Å². The molecule has 0 radical (unpaired) electrons. The van der Waals surface area contributed by atoms with Crippen LogP contribution in [0.1, 0.15) is 27.0 Å². The number of hydrogen-bond acceptors (Lipinski definition) is 8. The molecule has 0 aliphatic carbocycles. The third-order valence-electron chi connectivity index (χ3n) is 7.14. The number of ketones is 1. The van der Waals surface area contributed by atoms with Gasteiger partial charge in [-0.25, -0.2) is 0 Å². The lowest BCUT2D eigenvalue weighted by atomic mass is 9.97. The number of carbonyl (C=O) groups excluding carboxylic acids is 1. The molecule has 0 fully saturated rings. The van der Waals surface area contributed by atoms with Crippen LogP contribution in [0.2, 0.25) is 0 Å². The fraction of sp³-hybridized carbons (Fsp3) is 0.135. The number of Topliss-reactive ketones (excluding diaryl/α,β-unsaturated/α-hetero) is 1. The van der Waals surface area contributed by atoms with E-state index in [0.29, 0.717) is 30.7 Å². The topological polar surface area (TPSA) is 105 Å². The Hall–Kier alpha value is -5.76. The van der Waals surface area contributed by atoms with Crippen molar-refractivity contribution in [3.63, 3.8) is 0 Å². The van der Waals surface area contributed by atoms with Gasteiger partial charge in [0.2, 0.25) is 11.5 Å². The largest absolute Gasteiger partial charge is 0.504 e. The second kappa shape index (κ2) is 15.1. The molecule has 0 saturated carbocycles. The van der Waals surface area contributed by atoms with Crippen molar-refractivity contribution in [3.05, 3.63) is 149 Å². The Balaban J connectivity index is 1.61. The maximum absolute atomic E-state index is 14.6. The average molecular weight is 602 g/mol. The molecular weight excluding hydrogens is 566 g/mol. The molecule has 0 aliphatic heterocycles. The standard InChI is InChI=1S/C37H35N3O5/c1-43-35-29-19-21-45-36(29)37(44-2)34(42)32(35)33(41)30(25-39-23-27-14-8-4-9-15-27)31(40-24-28-16-10-5-11-17-28)18-20-38-22-26-12-6-3-7-13-26/h3-21,25,38,40,42H,22-24H2,1-2H3/b20-18+,31-30-,39-25?. The van der Waals surface area contributed by atoms with Crippen molar-refractivity contribution in [3.8, 4) is 17.2 Å². The van der Waals surface area contributed by atoms with Gasteiger partial charge in [-0.15, -0.1) is 0 Å². The summed E-state index contributed by atoms with van der Waals surface area (Å²) in [5.41, 5.74) is 4.05. The van der Waals surface area contributed by atoms with E-state index in [0.717, 1.165) is 16.7 Å². The normalized spacial score (nSPS) is 12.0. The molecule has 45 heavy (non-hydrogen) atoms. The van der Waals surface area contributed by atoms with Gasteiger partial charge in [-0.3, -0.25) is 9.79 Å². The van der Waals surface area contributed by atoms with Crippen molar-refractivity contribution in [2.75, 3.05) is 14.2 Å². The zero-order valence-electron chi connectivity index (χ0n) is 25.2. The quantitative estimate of drug-likeness (QED) is 0.0547. The first kappa shape index (κ1) is 30.7. The molecule has 8 nitrogen and oxygen atoms in total. The lowest BCUT2D eigenvalue weighted by molar-refractivity contribution is 0.103. The zero-order valence-corrected chi connectivity index (χ0v) is 25.2. The number of carbonyl (C=O) groups is 1. The lowest BCUT2D eigenvalue weighted by Gasteiger charge is -2.17. The summed E-state index contributed by atoms with van der Waals surface area (Å²) < 4.78 is 16.7. The van der Waals surface area contributed by atoms with Crippen molar-refractivity contribution in [2.24, 2.45) is 4.99 Å². The van der Waals surface area contributed by atoms with Crippen LogP contribution in [0.3, 0.4) is 0 Å². The van der Waals surface area contributed by atoms with E-state index in [-0.39, 0.29) is 34.0 Å². The number of allylic oxidation sites excluding steroid dienone is 2. The molecule has 4 aromatic carbocycles. The Morgan fingerprint density at radius 1 is 0.822 bits per heavy atom. The first-order chi connectivity index (χ1) is 22.1. The highest BCUT2D eigenvalue weighted by atomic mass is 16.5. The van der Waals surface area contributed by atoms with Gasteiger partial charge in [-0.2, -0.15) is 0 Å². The predicted octanol–water partition coefficient (Wildman–Crippen LogP) is 6.96. The number of aromatic hydroxyl groups is 1.